The van der Waals surface area contributed by atoms with Crippen LogP contribution in [0.15, 0.2) is 60.1 Å². The molecule has 4 rings (SSSR count). The maximum atomic E-state index is 4.71. The van der Waals surface area contributed by atoms with Crippen LogP contribution in [0.1, 0.15) is 0 Å². The van der Waals surface area contributed by atoms with Gasteiger partial charge in [-0.25, -0.2) is 9.97 Å². The minimum absolute atomic E-state index is 0.895. The van der Waals surface area contributed by atoms with Gasteiger partial charge in [-0.2, -0.15) is 0 Å². The lowest BCUT2D eigenvalue weighted by molar-refractivity contribution is 1.40. The van der Waals surface area contributed by atoms with Crippen molar-refractivity contribution in [3.63, 3.8) is 0 Å². The van der Waals surface area contributed by atoms with E-state index in [2.05, 4.69) is 22.4 Å². The maximum absolute atomic E-state index is 4.71. The Morgan fingerprint density at radius 3 is 2.10 bits per heavy atom. The standard InChI is InChI=1S/C16H11N3S/c1-3-7-13-11(5-1)15(19-16-17-9-10-20-16)12-6-2-4-8-14(12)18-13/h1-10H,(H,17,18,19). The van der Waals surface area contributed by atoms with Crippen LogP contribution in [-0.2, 0) is 0 Å². The Hall–Kier alpha value is -2.46. The maximum Gasteiger partial charge on any atom is 0.187 e. The van der Waals surface area contributed by atoms with Crippen LogP contribution in [0.25, 0.3) is 21.8 Å². The molecule has 0 aliphatic carbocycles. The summed E-state index contributed by atoms with van der Waals surface area (Å²) in [4.78, 5) is 9.02. The molecule has 1 N–H and O–H groups in total. The van der Waals surface area contributed by atoms with E-state index in [1.165, 1.54) is 0 Å². The van der Waals surface area contributed by atoms with Gasteiger partial charge in [-0.05, 0) is 12.1 Å². The summed E-state index contributed by atoms with van der Waals surface area (Å²) >= 11 is 1.59. The van der Waals surface area contributed by atoms with Crippen molar-refractivity contribution in [3.05, 3.63) is 60.1 Å². The summed E-state index contributed by atoms with van der Waals surface area (Å²) in [6.07, 6.45) is 1.80. The summed E-state index contributed by atoms with van der Waals surface area (Å²) in [7, 11) is 0. The lowest BCUT2D eigenvalue weighted by Crippen LogP contribution is -1.94. The molecule has 0 fully saturated rings. The van der Waals surface area contributed by atoms with Crippen LogP contribution in [0, 0.1) is 0 Å². The molecular weight excluding hydrogens is 266 g/mol. The topological polar surface area (TPSA) is 37.8 Å². The van der Waals surface area contributed by atoms with Crippen LogP contribution in [0.4, 0.5) is 10.8 Å². The SMILES string of the molecule is c1ccc2c(Nc3nccs3)c3ccccc3nc2c1. The van der Waals surface area contributed by atoms with Crippen LogP contribution < -0.4 is 5.32 Å². The molecule has 20 heavy (non-hydrogen) atoms. The van der Waals surface area contributed by atoms with E-state index in [1.54, 1.807) is 17.5 Å². The number of hydrogen-bond acceptors (Lipinski definition) is 4. The van der Waals surface area contributed by atoms with E-state index in [4.69, 9.17) is 4.98 Å². The van der Waals surface area contributed by atoms with Gasteiger partial charge in [-0.1, -0.05) is 36.4 Å². The van der Waals surface area contributed by atoms with Gasteiger partial charge in [0, 0.05) is 22.3 Å². The minimum Gasteiger partial charge on any atom is -0.330 e. The first kappa shape index (κ1) is 11.4. The predicted octanol–water partition coefficient (Wildman–Crippen LogP) is 4.59. The molecule has 2 aromatic heterocycles. The number of fused-ring (bicyclic) bond motifs is 2. The third kappa shape index (κ3) is 1.82. The summed E-state index contributed by atoms with van der Waals surface area (Å²) in [6.45, 7) is 0. The van der Waals surface area contributed by atoms with E-state index in [0.717, 1.165) is 32.6 Å². The van der Waals surface area contributed by atoms with Gasteiger partial charge in [0.2, 0.25) is 0 Å². The molecule has 0 spiro atoms. The average Bonchev–Trinajstić information content (AvgIpc) is 3.00. The zero-order chi connectivity index (χ0) is 13.4. The molecule has 0 unspecified atom stereocenters. The first-order valence-electron chi connectivity index (χ1n) is 6.36. The lowest BCUT2D eigenvalue weighted by Gasteiger charge is -2.11. The number of hydrogen-bond donors (Lipinski definition) is 1. The summed E-state index contributed by atoms with van der Waals surface area (Å²) in [6, 6.07) is 16.3. The summed E-state index contributed by atoms with van der Waals surface area (Å²) in [5.74, 6) is 0. The largest absolute Gasteiger partial charge is 0.330 e. The van der Waals surface area contributed by atoms with Gasteiger partial charge in [0.1, 0.15) is 0 Å². The highest BCUT2D eigenvalue weighted by Gasteiger charge is 2.09. The number of nitrogens with one attached hydrogen (secondary N) is 1. The number of aromatic nitrogens is 2. The Kier molecular flexibility index (Phi) is 2.60. The van der Waals surface area contributed by atoms with E-state index in [1.807, 2.05) is 41.8 Å². The molecular formula is C16H11N3S. The molecule has 3 nitrogen and oxygen atoms in total. The number of anilines is 2. The predicted molar refractivity (Wildman–Crippen MR) is 84.6 cm³/mol. The van der Waals surface area contributed by atoms with Crippen molar-refractivity contribution in [1.29, 1.82) is 0 Å². The highest BCUT2D eigenvalue weighted by molar-refractivity contribution is 7.13. The minimum atomic E-state index is 0.895. The Morgan fingerprint density at radius 1 is 0.850 bits per heavy atom. The van der Waals surface area contributed by atoms with Gasteiger partial charge < -0.3 is 5.32 Å². The van der Waals surface area contributed by atoms with E-state index < -0.39 is 0 Å². The van der Waals surface area contributed by atoms with Crippen molar-refractivity contribution in [2.45, 2.75) is 0 Å². The van der Waals surface area contributed by atoms with Crippen molar-refractivity contribution in [3.8, 4) is 0 Å². The number of nitrogens with zero attached hydrogens (tertiary/aromatic N) is 2. The van der Waals surface area contributed by atoms with Crippen molar-refractivity contribution < 1.29 is 0 Å². The molecule has 0 aliphatic heterocycles. The molecule has 0 saturated carbocycles. The zero-order valence-corrected chi connectivity index (χ0v) is 11.4. The molecule has 0 atom stereocenters. The van der Waals surface area contributed by atoms with Gasteiger partial charge >= 0.3 is 0 Å². The van der Waals surface area contributed by atoms with Gasteiger partial charge in [0.15, 0.2) is 5.13 Å². The molecule has 0 amide bonds. The second-order valence-corrected chi connectivity index (χ2v) is 5.38. The van der Waals surface area contributed by atoms with Crippen molar-refractivity contribution in [1.82, 2.24) is 9.97 Å². The van der Waals surface area contributed by atoms with Crippen LogP contribution in [0.5, 0.6) is 0 Å². The highest BCUT2D eigenvalue weighted by atomic mass is 32.1. The van der Waals surface area contributed by atoms with Crippen LogP contribution in [-0.4, -0.2) is 9.97 Å². The fraction of sp³-hybridized carbons (Fsp3) is 0. The number of pyridine rings is 1. The first-order valence-corrected chi connectivity index (χ1v) is 7.24. The Balaban J connectivity index is 2.06. The second-order valence-electron chi connectivity index (χ2n) is 4.48. The number of rotatable bonds is 2. The van der Waals surface area contributed by atoms with Crippen molar-refractivity contribution in [2.24, 2.45) is 0 Å². The quantitative estimate of drug-likeness (QED) is 0.545. The Bertz CT molecular complexity index is 831. The smallest absolute Gasteiger partial charge is 0.187 e. The Labute approximate surface area is 119 Å². The van der Waals surface area contributed by atoms with Crippen molar-refractivity contribution >= 4 is 44.0 Å². The van der Waals surface area contributed by atoms with Gasteiger partial charge in [0.05, 0.1) is 16.7 Å². The summed E-state index contributed by atoms with van der Waals surface area (Å²) in [5, 5.41) is 8.52. The second kappa shape index (κ2) is 4.58. The van der Waals surface area contributed by atoms with Crippen LogP contribution in [0.2, 0.25) is 0 Å². The van der Waals surface area contributed by atoms with Crippen LogP contribution in [0.3, 0.4) is 0 Å². The zero-order valence-electron chi connectivity index (χ0n) is 10.6. The molecule has 4 aromatic rings. The Morgan fingerprint density at radius 2 is 1.50 bits per heavy atom. The van der Waals surface area contributed by atoms with Gasteiger partial charge in [-0.3, -0.25) is 0 Å². The van der Waals surface area contributed by atoms with E-state index in [9.17, 15) is 0 Å². The summed E-state index contributed by atoms with van der Waals surface area (Å²) < 4.78 is 0. The summed E-state index contributed by atoms with van der Waals surface area (Å²) in [5.41, 5.74) is 3.05. The molecule has 2 heterocycles. The van der Waals surface area contributed by atoms with E-state index >= 15 is 0 Å². The third-order valence-electron chi connectivity index (χ3n) is 3.25. The molecule has 0 saturated heterocycles. The normalized spacial score (nSPS) is 11.0. The first-order chi connectivity index (χ1) is 9.92. The number of para-hydroxylation sites is 2. The third-order valence-corrected chi connectivity index (χ3v) is 3.94. The van der Waals surface area contributed by atoms with Gasteiger partial charge in [-0.15, -0.1) is 11.3 Å². The molecule has 96 valence electrons. The van der Waals surface area contributed by atoms with E-state index in [0.29, 0.717) is 0 Å². The highest BCUT2D eigenvalue weighted by Crippen LogP contribution is 2.33. The van der Waals surface area contributed by atoms with Gasteiger partial charge in [0.25, 0.3) is 0 Å². The number of thiazole rings is 1. The molecule has 2 aromatic carbocycles. The fourth-order valence-corrected chi connectivity index (χ4v) is 2.90. The lowest BCUT2D eigenvalue weighted by atomic mass is 10.1. The molecule has 4 heteroatoms. The molecule has 0 aliphatic rings. The molecule has 0 bridgehead atoms. The average molecular weight is 277 g/mol. The number of benzene rings is 2. The monoisotopic (exact) mass is 277 g/mol. The van der Waals surface area contributed by atoms with Crippen molar-refractivity contribution in [2.75, 3.05) is 5.32 Å². The van der Waals surface area contributed by atoms with E-state index in [-0.39, 0.29) is 0 Å². The molecule has 0 radical (unpaired) electrons. The van der Waals surface area contributed by atoms with Crippen LogP contribution >= 0.6 is 11.3 Å². The fourth-order valence-electron chi connectivity index (χ4n) is 2.37.